The second-order valence-corrected chi connectivity index (χ2v) is 10.4. The van der Waals surface area contributed by atoms with Gasteiger partial charge in [-0.15, -0.1) is 0 Å². The first-order chi connectivity index (χ1) is 18.0. The number of benzene rings is 3. The molecule has 0 saturated heterocycles. The van der Waals surface area contributed by atoms with Gasteiger partial charge in [0.1, 0.15) is 5.82 Å². The molecule has 0 radical (unpaired) electrons. The summed E-state index contributed by atoms with van der Waals surface area (Å²) in [6, 6.07) is 25.5. The standard InChI is InChI=1S/C29H24BrIN2O4/c1-3-36-28(34)32-22-13-9-8-12-21(22)24-23(18-14-16-20(30)17-15-18)25(31)26(19-10-6-5-7-11-19)33(27(24)32)29(35)37-4-2/h5-17,23H,3-4H2,1-2H3. The normalized spacial score (nSPS) is 15.0. The molecule has 1 aliphatic heterocycles. The van der Waals surface area contributed by atoms with E-state index in [-0.39, 0.29) is 19.1 Å². The van der Waals surface area contributed by atoms with Gasteiger partial charge < -0.3 is 9.47 Å². The van der Waals surface area contributed by atoms with Gasteiger partial charge in [-0.3, -0.25) is 0 Å². The van der Waals surface area contributed by atoms with E-state index >= 15 is 0 Å². The second kappa shape index (κ2) is 10.7. The number of anilines is 1. The SMILES string of the molecule is CCOC(=O)N1C(c2ccccc2)=C(I)C(c2ccc(Br)cc2)c2c1n(C(=O)OCC)c1ccccc21. The molecule has 0 spiro atoms. The van der Waals surface area contributed by atoms with Crippen LogP contribution < -0.4 is 4.90 Å². The Balaban J connectivity index is 1.93. The molecule has 0 fully saturated rings. The fourth-order valence-electron chi connectivity index (χ4n) is 4.80. The molecule has 0 N–H and O–H groups in total. The number of fused-ring (bicyclic) bond motifs is 3. The van der Waals surface area contributed by atoms with Gasteiger partial charge in [-0.2, -0.15) is 0 Å². The van der Waals surface area contributed by atoms with Crippen LogP contribution in [0.25, 0.3) is 16.6 Å². The quantitative estimate of drug-likeness (QED) is 0.205. The molecule has 1 aliphatic rings. The van der Waals surface area contributed by atoms with Crippen LogP contribution in [0.3, 0.4) is 0 Å². The lowest BCUT2D eigenvalue weighted by Gasteiger charge is -2.35. The topological polar surface area (TPSA) is 60.8 Å². The number of carbonyl (C=O) groups excluding carboxylic acids is 2. The van der Waals surface area contributed by atoms with E-state index in [2.05, 4.69) is 50.7 Å². The van der Waals surface area contributed by atoms with Gasteiger partial charge in [0.25, 0.3) is 0 Å². The summed E-state index contributed by atoms with van der Waals surface area (Å²) >= 11 is 5.88. The van der Waals surface area contributed by atoms with Crippen LogP contribution in [0, 0.1) is 0 Å². The molecular weight excluding hydrogens is 647 g/mol. The van der Waals surface area contributed by atoms with Crippen molar-refractivity contribution in [2.45, 2.75) is 19.8 Å². The molecule has 1 unspecified atom stereocenters. The van der Waals surface area contributed by atoms with E-state index in [1.54, 1.807) is 13.8 Å². The van der Waals surface area contributed by atoms with Crippen molar-refractivity contribution in [3.63, 3.8) is 0 Å². The maximum atomic E-state index is 13.7. The molecule has 37 heavy (non-hydrogen) atoms. The van der Waals surface area contributed by atoms with Crippen molar-refractivity contribution in [2.24, 2.45) is 0 Å². The molecular formula is C29H24BrIN2O4. The van der Waals surface area contributed by atoms with Crippen LogP contribution in [-0.4, -0.2) is 30.0 Å². The number of aromatic nitrogens is 1. The Kier molecular flexibility index (Phi) is 7.39. The van der Waals surface area contributed by atoms with E-state index in [9.17, 15) is 9.59 Å². The maximum Gasteiger partial charge on any atom is 0.420 e. The van der Waals surface area contributed by atoms with Crippen molar-refractivity contribution < 1.29 is 19.1 Å². The highest BCUT2D eigenvalue weighted by atomic mass is 127. The number of halogens is 2. The fourth-order valence-corrected chi connectivity index (χ4v) is 6.29. The third-order valence-corrected chi connectivity index (χ3v) is 7.91. The van der Waals surface area contributed by atoms with E-state index in [4.69, 9.17) is 9.47 Å². The summed E-state index contributed by atoms with van der Waals surface area (Å²) < 4.78 is 14.5. The van der Waals surface area contributed by atoms with E-state index in [1.807, 2.05) is 66.7 Å². The van der Waals surface area contributed by atoms with E-state index in [0.717, 1.165) is 30.1 Å². The van der Waals surface area contributed by atoms with Crippen molar-refractivity contribution in [3.05, 3.63) is 104 Å². The molecule has 5 rings (SSSR count). The highest BCUT2D eigenvalue weighted by Gasteiger charge is 2.42. The van der Waals surface area contributed by atoms with E-state index in [1.165, 1.54) is 9.47 Å². The van der Waals surface area contributed by atoms with Crippen LogP contribution in [0.2, 0.25) is 0 Å². The largest absolute Gasteiger partial charge is 0.449 e. The van der Waals surface area contributed by atoms with Gasteiger partial charge in [0, 0.05) is 24.9 Å². The molecule has 0 bridgehead atoms. The number of hydrogen-bond donors (Lipinski definition) is 0. The minimum atomic E-state index is -0.556. The third-order valence-electron chi connectivity index (χ3n) is 6.24. The molecule has 6 nitrogen and oxygen atoms in total. The lowest BCUT2D eigenvalue weighted by Crippen LogP contribution is -2.37. The van der Waals surface area contributed by atoms with E-state index in [0.29, 0.717) is 17.0 Å². The predicted molar refractivity (Wildman–Crippen MR) is 157 cm³/mol. The minimum absolute atomic E-state index is 0.194. The zero-order chi connectivity index (χ0) is 26.1. The summed E-state index contributed by atoms with van der Waals surface area (Å²) in [4.78, 5) is 28.7. The van der Waals surface area contributed by atoms with Gasteiger partial charge in [0.05, 0.1) is 24.4 Å². The second-order valence-electron chi connectivity index (χ2n) is 8.37. The number of para-hydroxylation sites is 1. The highest BCUT2D eigenvalue weighted by molar-refractivity contribution is 14.1. The van der Waals surface area contributed by atoms with Crippen LogP contribution in [0.1, 0.15) is 36.5 Å². The Labute approximate surface area is 237 Å². The third kappa shape index (κ3) is 4.46. The summed E-state index contributed by atoms with van der Waals surface area (Å²) in [6.45, 7) is 3.93. The Morgan fingerprint density at radius 1 is 0.865 bits per heavy atom. The molecule has 1 amide bonds. The Morgan fingerprint density at radius 2 is 1.49 bits per heavy atom. The number of nitrogens with zero attached hydrogens (tertiary/aromatic N) is 2. The summed E-state index contributed by atoms with van der Waals surface area (Å²) in [7, 11) is 0. The number of carbonyl (C=O) groups is 2. The summed E-state index contributed by atoms with van der Waals surface area (Å²) in [5, 5.41) is 0.869. The number of allylic oxidation sites excluding steroid dienone is 1. The van der Waals surface area contributed by atoms with Crippen molar-refractivity contribution in [3.8, 4) is 0 Å². The highest BCUT2D eigenvalue weighted by Crippen LogP contribution is 2.53. The zero-order valence-corrected chi connectivity index (χ0v) is 24.0. The first-order valence-electron chi connectivity index (χ1n) is 12.0. The average molecular weight is 671 g/mol. The molecule has 1 atom stereocenters. The lowest BCUT2D eigenvalue weighted by molar-refractivity contribution is 0.154. The Morgan fingerprint density at radius 3 is 2.16 bits per heavy atom. The molecule has 1 aromatic heterocycles. The summed E-state index contributed by atoms with van der Waals surface area (Å²) in [5.41, 5.74) is 4.07. The van der Waals surface area contributed by atoms with Crippen molar-refractivity contribution >= 4 is 73.1 Å². The van der Waals surface area contributed by atoms with Crippen molar-refractivity contribution in [1.29, 1.82) is 0 Å². The molecule has 2 heterocycles. The zero-order valence-electron chi connectivity index (χ0n) is 20.3. The van der Waals surface area contributed by atoms with Gasteiger partial charge in [-0.05, 0) is 65.8 Å². The van der Waals surface area contributed by atoms with Gasteiger partial charge in [0.15, 0.2) is 0 Å². The van der Waals surface area contributed by atoms with Gasteiger partial charge in [0.2, 0.25) is 0 Å². The first-order valence-corrected chi connectivity index (χ1v) is 13.8. The van der Waals surface area contributed by atoms with Crippen molar-refractivity contribution in [2.75, 3.05) is 18.1 Å². The number of hydrogen-bond acceptors (Lipinski definition) is 4. The fraction of sp³-hybridized carbons (Fsp3) is 0.172. The van der Waals surface area contributed by atoms with Gasteiger partial charge >= 0.3 is 12.2 Å². The summed E-state index contributed by atoms with van der Waals surface area (Å²) in [5.74, 6) is 0.204. The first kappa shape index (κ1) is 25.5. The number of amides is 1. The van der Waals surface area contributed by atoms with Crippen LogP contribution >= 0.6 is 38.5 Å². The van der Waals surface area contributed by atoms with Crippen molar-refractivity contribution in [1.82, 2.24) is 4.57 Å². The van der Waals surface area contributed by atoms with E-state index < -0.39 is 12.2 Å². The number of ether oxygens (including phenoxy) is 2. The van der Waals surface area contributed by atoms with Crippen LogP contribution in [0.15, 0.2) is 86.9 Å². The minimum Gasteiger partial charge on any atom is -0.449 e. The van der Waals surface area contributed by atoms with Crippen LogP contribution in [0.4, 0.5) is 15.4 Å². The molecule has 0 saturated carbocycles. The maximum absolute atomic E-state index is 13.7. The molecule has 3 aromatic carbocycles. The van der Waals surface area contributed by atoms with Gasteiger partial charge in [-0.25, -0.2) is 19.1 Å². The summed E-state index contributed by atoms with van der Waals surface area (Å²) in [6.07, 6.45) is -1.10. The molecule has 4 aromatic rings. The predicted octanol–water partition coefficient (Wildman–Crippen LogP) is 8.32. The van der Waals surface area contributed by atoms with Gasteiger partial charge in [-0.1, -0.05) is 76.6 Å². The Hall–Kier alpha value is -3.11. The smallest absolute Gasteiger partial charge is 0.420 e. The van der Waals surface area contributed by atoms with Crippen LogP contribution in [-0.2, 0) is 9.47 Å². The molecule has 8 heteroatoms. The monoisotopic (exact) mass is 670 g/mol. The number of rotatable bonds is 4. The average Bonchev–Trinajstić information content (AvgIpc) is 3.24. The lowest BCUT2D eigenvalue weighted by atomic mass is 9.86. The Bertz CT molecular complexity index is 1510. The van der Waals surface area contributed by atoms with Crippen LogP contribution in [0.5, 0.6) is 0 Å². The molecule has 188 valence electrons. The molecule has 0 aliphatic carbocycles.